The van der Waals surface area contributed by atoms with Gasteiger partial charge in [0.15, 0.2) is 9.84 Å². The van der Waals surface area contributed by atoms with Crippen LogP contribution in [0.25, 0.3) is 0 Å². The van der Waals surface area contributed by atoms with Gasteiger partial charge in [-0.1, -0.05) is 19.1 Å². The van der Waals surface area contributed by atoms with Crippen LogP contribution in [0.1, 0.15) is 24.0 Å². The Labute approximate surface area is 91.2 Å². The number of aryl methyl sites for hydroxylation is 1. The second-order valence-corrected chi connectivity index (χ2v) is 5.93. The molecule has 0 heterocycles. The molecule has 0 saturated carbocycles. The summed E-state index contributed by atoms with van der Waals surface area (Å²) in [6.45, 7) is 4.26. The predicted octanol–water partition coefficient (Wildman–Crippen LogP) is 1.46. The van der Waals surface area contributed by atoms with E-state index in [4.69, 9.17) is 5.73 Å². The van der Waals surface area contributed by atoms with Gasteiger partial charge in [0.2, 0.25) is 0 Å². The van der Waals surface area contributed by atoms with E-state index in [1.165, 1.54) is 6.26 Å². The van der Waals surface area contributed by atoms with Crippen molar-refractivity contribution in [1.82, 2.24) is 0 Å². The van der Waals surface area contributed by atoms with E-state index in [-0.39, 0.29) is 5.92 Å². The van der Waals surface area contributed by atoms with E-state index >= 15 is 0 Å². The van der Waals surface area contributed by atoms with E-state index in [1.54, 1.807) is 6.07 Å². The SMILES string of the molecule is Cc1ccc(C(C)CN)c(S(C)(=O)=O)c1. The Balaban J connectivity index is 3.40. The van der Waals surface area contributed by atoms with E-state index < -0.39 is 9.84 Å². The summed E-state index contributed by atoms with van der Waals surface area (Å²) in [5, 5.41) is 0. The fourth-order valence-corrected chi connectivity index (χ4v) is 2.59. The zero-order chi connectivity index (χ0) is 11.6. The summed E-state index contributed by atoms with van der Waals surface area (Å²) in [6, 6.07) is 5.47. The lowest BCUT2D eigenvalue weighted by molar-refractivity contribution is 0.598. The molecule has 0 aliphatic rings. The molecule has 0 aliphatic carbocycles. The van der Waals surface area contributed by atoms with E-state index in [0.717, 1.165) is 11.1 Å². The molecule has 0 bridgehead atoms. The van der Waals surface area contributed by atoms with Gasteiger partial charge in [0, 0.05) is 6.26 Å². The standard InChI is InChI=1S/C11H17NO2S/c1-8-4-5-10(9(2)7-12)11(6-8)15(3,13)14/h4-6,9H,7,12H2,1-3H3. The lowest BCUT2D eigenvalue weighted by Crippen LogP contribution is -2.13. The van der Waals surface area contributed by atoms with Crippen LogP contribution in [0.15, 0.2) is 23.1 Å². The highest BCUT2D eigenvalue weighted by atomic mass is 32.2. The van der Waals surface area contributed by atoms with Crippen LogP contribution in [-0.4, -0.2) is 21.2 Å². The molecule has 15 heavy (non-hydrogen) atoms. The van der Waals surface area contributed by atoms with Gasteiger partial charge in [-0.2, -0.15) is 0 Å². The summed E-state index contributed by atoms with van der Waals surface area (Å²) in [6.07, 6.45) is 1.23. The van der Waals surface area contributed by atoms with Crippen LogP contribution in [-0.2, 0) is 9.84 Å². The summed E-state index contributed by atoms with van der Waals surface area (Å²) in [4.78, 5) is 0.403. The average Bonchev–Trinajstić information content (AvgIpc) is 2.15. The summed E-state index contributed by atoms with van der Waals surface area (Å²) >= 11 is 0. The van der Waals surface area contributed by atoms with Gasteiger partial charge in [-0.3, -0.25) is 0 Å². The summed E-state index contributed by atoms with van der Waals surface area (Å²) in [5.41, 5.74) is 7.32. The smallest absolute Gasteiger partial charge is 0.175 e. The van der Waals surface area contributed by atoms with E-state index in [0.29, 0.717) is 11.4 Å². The maximum Gasteiger partial charge on any atom is 0.175 e. The van der Waals surface area contributed by atoms with E-state index in [9.17, 15) is 8.42 Å². The van der Waals surface area contributed by atoms with Gasteiger partial charge >= 0.3 is 0 Å². The molecule has 1 aromatic carbocycles. The minimum absolute atomic E-state index is 0.0651. The molecular formula is C11H17NO2S. The minimum Gasteiger partial charge on any atom is -0.330 e. The molecular weight excluding hydrogens is 210 g/mol. The molecule has 1 unspecified atom stereocenters. The fraction of sp³-hybridized carbons (Fsp3) is 0.455. The van der Waals surface area contributed by atoms with Crippen LogP contribution in [0, 0.1) is 6.92 Å². The normalized spacial score (nSPS) is 13.9. The molecule has 0 aromatic heterocycles. The monoisotopic (exact) mass is 227 g/mol. The lowest BCUT2D eigenvalue weighted by atomic mass is 10.0. The first kappa shape index (κ1) is 12.2. The summed E-state index contributed by atoms with van der Waals surface area (Å²) in [7, 11) is -3.17. The molecule has 3 nitrogen and oxygen atoms in total. The van der Waals surface area contributed by atoms with Gasteiger partial charge < -0.3 is 5.73 Å². The Hall–Kier alpha value is -0.870. The molecule has 0 amide bonds. The molecule has 2 N–H and O–H groups in total. The van der Waals surface area contributed by atoms with Gasteiger partial charge in [0.05, 0.1) is 4.90 Å². The lowest BCUT2D eigenvalue weighted by Gasteiger charge is -2.14. The second-order valence-electron chi connectivity index (χ2n) is 3.95. The third kappa shape index (κ3) is 2.79. The maximum atomic E-state index is 11.6. The van der Waals surface area contributed by atoms with Gasteiger partial charge in [0.25, 0.3) is 0 Å². The first-order valence-corrected chi connectivity index (χ1v) is 6.76. The topological polar surface area (TPSA) is 60.2 Å². The molecule has 0 spiro atoms. The van der Waals surface area contributed by atoms with Crippen LogP contribution >= 0.6 is 0 Å². The van der Waals surface area contributed by atoms with Crippen LogP contribution < -0.4 is 5.73 Å². The molecule has 0 radical (unpaired) electrons. The molecule has 1 aromatic rings. The highest BCUT2D eigenvalue weighted by Crippen LogP contribution is 2.24. The van der Waals surface area contributed by atoms with Crippen molar-refractivity contribution in [3.8, 4) is 0 Å². The molecule has 4 heteroatoms. The third-order valence-corrected chi connectivity index (χ3v) is 3.61. The number of hydrogen-bond acceptors (Lipinski definition) is 3. The quantitative estimate of drug-likeness (QED) is 0.850. The zero-order valence-electron chi connectivity index (χ0n) is 9.32. The van der Waals surface area contributed by atoms with Crippen LogP contribution in [0.2, 0.25) is 0 Å². The van der Waals surface area contributed by atoms with E-state index in [2.05, 4.69) is 0 Å². The first-order valence-electron chi connectivity index (χ1n) is 4.87. The predicted molar refractivity (Wildman–Crippen MR) is 61.8 cm³/mol. The van der Waals surface area contributed by atoms with Crippen molar-refractivity contribution in [2.75, 3.05) is 12.8 Å². The zero-order valence-corrected chi connectivity index (χ0v) is 10.1. The van der Waals surface area contributed by atoms with Crippen molar-refractivity contribution < 1.29 is 8.42 Å². The Kier molecular flexibility index (Phi) is 3.52. The van der Waals surface area contributed by atoms with Gasteiger partial charge in [-0.05, 0) is 36.6 Å². The number of rotatable bonds is 3. The van der Waals surface area contributed by atoms with Crippen LogP contribution in [0.4, 0.5) is 0 Å². The highest BCUT2D eigenvalue weighted by molar-refractivity contribution is 7.90. The first-order chi connectivity index (χ1) is 6.86. The van der Waals surface area contributed by atoms with Crippen molar-refractivity contribution in [2.24, 2.45) is 5.73 Å². The average molecular weight is 227 g/mol. The molecule has 84 valence electrons. The molecule has 0 aliphatic heterocycles. The van der Waals surface area contributed by atoms with E-state index in [1.807, 2.05) is 26.0 Å². The van der Waals surface area contributed by atoms with Crippen LogP contribution in [0.5, 0.6) is 0 Å². The number of sulfone groups is 1. The third-order valence-electron chi connectivity index (χ3n) is 2.45. The molecule has 1 rings (SSSR count). The number of nitrogens with two attached hydrogens (primary N) is 1. The second kappa shape index (κ2) is 4.33. The minimum atomic E-state index is -3.17. The van der Waals surface area contributed by atoms with Gasteiger partial charge in [-0.25, -0.2) is 8.42 Å². The fourth-order valence-electron chi connectivity index (χ4n) is 1.50. The molecule has 0 fully saturated rings. The van der Waals surface area contributed by atoms with Crippen molar-refractivity contribution in [2.45, 2.75) is 24.7 Å². The van der Waals surface area contributed by atoms with Crippen molar-refractivity contribution in [1.29, 1.82) is 0 Å². The summed E-state index contributed by atoms with van der Waals surface area (Å²) < 4.78 is 23.2. The van der Waals surface area contributed by atoms with Crippen molar-refractivity contribution in [3.05, 3.63) is 29.3 Å². The van der Waals surface area contributed by atoms with Gasteiger partial charge in [-0.15, -0.1) is 0 Å². The molecule has 1 atom stereocenters. The Morgan fingerprint density at radius 3 is 2.47 bits per heavy atom. The van der Waals surface area contributed by atoms with Crippen LogP contribution in [0.3, 0.4) is 0 Å². The Bertz CT molecular complexity index is 452. The number of hydrogen-bond donors (Lipinski definition) is 1. The largest absolute Gasteiger partial charge is 0.330 e. The maximum absolute atomic E-state index is 11.6. The number of benzene rings is 1. The van der Waals surface area contributed by atoms with Crippen molar-refractivity contribution in [3.63, 3.8) is 0 Å². The highest BCUT2D eigenvalue weighted by Gasteiger charge is 2.16. The Morgan fingerprint density at radius 1 is 1.40 bits per heavy atom. The molecule has 0 saturated heterocycles. The van der Waals surface area contributed by atoms with Gasteiger partial charge in [0.1, 0.15) is 0 Å². The summed E-state index contributed by atoms with van der Waals surface area (Å²) in [5.74, 6) is 0.0651. The van der Waals surface area contributed by atoms with Crippen molar-refractivity contribution >= 4 is 9.84 Å². The Morgan fingerprint density at radius 2 is 2.00 bits per heavy atom.